The maximum Gasteiger partial charge on any atom is 0.234 e. The van der Waals surface area contributed by atoms with E-state index in [2.05, 4.69) is 5.32 Å². The predicted octanol–water partition coefficient (Wildman–Crippen LogP) is 0.807. The average molecular weight is 244 g/mol. The maximum atomic E-state index is 12.8. The summed E-state index contributed by atoms with van der Waals surface area (Å²) in [7, 11) is 1.59. The largest absolute Gasteiger partial charge is 0.493 e. The average Bonchev–Trinajstić information content (AvgIpc) is 2.22. The molecule has 0 spiro atoms. The number of likely N-dealkylation sites (N-methyl/N-ethyl adjacent to an activating group) is 1. The van der Waals surface area contributed by atoms with Gasteiger partial charge in [-0.2, -0.15) is 0 Å². The highest BCUT2D eigenvalue weighted by atomic mass is 19.1. The third-order valence-electron chi connectivity index (χ3n) is 2.20. The summed E-state index contributed by atoms with van der Waals surface area (Å²) in [6.45, 7) is 0.136. The molecular weight excluding hydrogens is 230 g/mol. The Morgan fingerprint density at radius 3 is 2.47 bits per heavy atom. The van der Waals surface area contributed by atoms with Crippen molar-refractivity contribution in [3.05, 3.63) is 29.8 Å². The van der Waals surface area contributed by atoms with Gasteiger partial charge < -0.3 is 15.8 Å². The molecule has 1 aromatic rings. The number of ether oxygens (including phenoxy) is 1. The van der Waals surface area contributed by atoms with Crippen LogP contribution in [0.3, 0.4) is 0 Å². The molecule has 94 valence electrons. The molecule has 0 bridgehead atoms. The van der Waals surface area contributed by atoms with Crippen LogP contribution in [-0.4, -0.2) is 25.6 Å². The summed E-state index contributed by atoms with van der Waals surface area (Å²) in [5.74, 6) is -1.83. The second-order valence-electron chi connectivity index (χ2n) is 3.49. The molecule has 0 saturated heterocycles. The number of benzene rings is 1. The summed E-state index contributed by atoms with van der Waals surface area (Å²) in [5, 5.41) is 2.71. The molecule has 6 heteroatoms. The van der Waals surface area contributed by atoms with Crippen molar-refractivity contribution in [1.29, 1.82) is 0 Å². The standard InChI is InChI=1S/C11H14F2N2O2/c1-15-10(11(14)16)2-3-17-9-5-7(12)4-8(13)6-9/h4-6,10,15H,2-3H2,1H3,(H2,14,16). The number of hydrogen-bond acceptors (Lipinski definition) is 3. The summed E-state index contributed by atoms with van der Waals surface area (Å²) in [6.07, 6.45) is 0.323. The Hall–Kier alpha value is -1.69. The van der Waals surface area contributed by atoms with Gasteiger partial charge in [-0.25, -0.2) is 8.78 Å². The lowest BCUT2D eigenvalue weighted by Crippen LogP contribution is -2.40. The molecule has 1 unspecified atom stereocenters. The van der Waals surface area contributed by atoms with Gasteiger partial charge in [0.2, 0.25) is 5.91 Å². The van der Waals surface area contributed by atoms with Crippen LogP contribution in [0.1, 0.15) is 6.42 Å². The molecule has 1 rings (SSSR count). The normalized spacial score (nSPS) is 12.2. The molecule has 1 amide bonds. The summed E-state index contributed by atoms with van der Waals surface area (Å²) >= 11 is 0. The highest BCUT2D eigenvalue weighted by Gasteiger charge is 2.12. The van der Waals surface area contributed by atoms with Gasteiger partial charge in [0, 0.05) is 24.6 Å². The molecule has 0 saturated carbocycles. The van der Waals surface area contributed by atoms with E-state index in [1.807, 2.05) is 0 Å². The number of nitrogens with one attached hydrogen (secondary N) is 1. The third-order valence-corrected chi connectivity index (χ3v) is 2.20. The minimum atomic E-state index is -0.708. The minimum Gasteiger partial charge on any atom is -0.493 e. The Bertz CT molecular complexity index is 379. The van der Waals surface area contributed by atoms with Crippen molar-refractivity contribution < 1.29 is 18.3 Å². The van der Waals surface area contributed by atoms with E-state index in [1.54, 1.807) is 7.05 Å². The van der Waals surface area contributed by atoms with E-state index in [9.17, 15) is 13.6 Å². The van der Waals surface area contributed by atoms with Crippen LogP contribution >= 0.6 is 0 Å². The van der Waals surface area contributed by atoms with Crippen molar-refractivity contribution in [2.45, 2.75) is 12.5 Å². The number of carbonyl (C=O) groups excluding carboxylic acids is 1. The number of hydrogen-bond donors (Lipinski definition) is 2. The lowest BCUT2D eigenvalue weighted by atomic mass is 10.2. The Morgan fingerprint density at radius 1 is 1.41 bits per heavy atom. The van der Waals surface area contributed by atoms with Gasteiger partial charge in [0.15, 0.2) is 0 Å². The molecule has 0 heterocycles. The Morgan fingerprint density at radius 2 is 2.00 bits per heavy atom. The fourth-order valence-corrected chi connectivity index (χ4v) is 1.34. The first-order valence-corrected chi connectivity index (χ1v) is 5.08. The highest BCUT2D eigenvalue weighted by Crippen LogP contribution is 2.15. The monoisotopic (exact) mass is 244 g/mol. The van der Waals surface area contributed by atoms with Crippen LogP contribution in [0.25, 0.3) is 0 Å². The summed E-state index contributed by atoms with van der Waals surface area (Å²) in [5.41, 5.74) is 5.10. The quantitative estimate of drug-likeness (QED) is 0.778. The SMILES string of the molecule is CNC(CCOc1cc(F)cc(F)c1)C(N)=O. The van der Waals surface area contributed by atoms with Crippen molar-refractivity contribution in [2.75, 3.05) is 13.7 Å². The van der Waals surface area contributed by atoms with Gasteiger partial charge in [0.1, 0.15) is 17.4 Å². The summed E-state index contributed by atoms with van der Waals surface area (Å²) in [4.78, 5) is 10.9. The Labute approximate surface area is 97.8 Å². The Balaban J connectivity index is 2.47. The number of halogens is 2. The lowest BCUT2D eigenvalue weighted by molar-refractivity contribution is -0.120. The molecule has 0 aromatic heterocycles. The fraction of sp³-hybridized carbons (Fsp3) is 0.364. The zero-order valence-corrected chi connectivity index (χ0v) is 9.37. The van der Waals surface area contributed by atoms with Crippen LogP contribution in [0.15, 0.2) is 18.2 Å². The first-order valence-electron chi connectivity index (χ1n) is 5.08. The van der Waals surface area contributed by atoms with E-state index in [0.29, 0.717) is 6.42 Å². The summed E-state index contributed by atoms with van der Waals surface area (Å²) in [6, 6.07) is 2.38. The first kappa shape index (κ1) is 13.4. The van der Waals surface area contributed by atoms with Crippen molar-refractivity contribution in [3.63, 3.8) is 0 Å². The van der Waals surface area contributed by atoms with E-state index in [4.69, 9.17) is 10.5 Å². The van der Waals surface area contributed by atoms with Gasteiger partial charge >= 0.3 is 0 Å². The fourth-order valence-electron chi connectivity index (χ4n) is 1.34. The van der Waals surface area contributed by atoms with Crippen molar-refractivity contribution >= 4 is 5.91 Å². The number of rotatable bonds is 6. The molecule has 3 N–H and O–H groups in total. The highest BCUT2D eigenvalue weighted by molar-refractivity contribution is 5.79. The van der Waals surface area contributed by atoms with Gasteiger partial charge in [0.05, 0.1) is 12.6 Å². The Kier molecular flexibility index (Phi) is 4.84. The van der Waals surface area contributed by atoms with Gasteiger partial charge in [-0.1, -0.05) is 0 Å². The van der Waals surface area contributed by atoms with Crippen LogP contribution in [0, 0.1) is 11.6 Å². The number of nitrogens with two attached hydrogens (primary N) is 1. The zero-order valence-electron chi connectivity index (χ0n) is 9.37. The molecule has 0 fully saturated rings. The number of carbonyl (C=O) groups is 1. The van der Waals surface area contributed by atoms with Crippen molar-refractivity contribution in [1.82, 2.24) is 5.32 Å². The van der Waals surface area contributed by atoms with Crippen LogP contribution in [-0.2, 0) is 4.79 Å². The van der Waals surface area contributed by atoms with E-state index in [0.717, 1.165) is 18.2 Å². The topological polar surface area (TPSA) is 64.3 Å². The lowest BCUT2D eigenvalue weighted by Gasteiger charge is -2.12. The van der Waals surface area contributed by atoms with Crippen LogP contribution in [0.2, 0.25) is 0 Å². The maximum absolute atomic E-state index is 12.8. The predicted molar refractivity (Wildman–Crippen MR) is 58.5 cm³/mol. The molecule has 0 aliphatic rings. The number of amides is 1. The first-order chi connectivity index (χ1) is 8.02. The molecule has 0 aliphatic heterocycles. The minimum absolute atomic E-state index is 0.0850. The molecule has 0 aliphatic carbocycles. The van der Waals surface area contributed by atoms with Gasteiger partial charge in [-0.15, -0.1) is 0 Å². The van der Waals surface area contributed by atoms with Crippen molar-refractivity contribution in [3.8, 4) is 5.75 Å². The van der Waals surface area contributed by atoms with Crippen LogP contribution in [0.4, 0.5) is 8.78 Å². The van der Waals surface area contributed by atoms with Gasteiger partial charge in [-0.3, -0.25) is 4.79 Å². The van der Waals surface area contributed by atoms with Gasteiger partial charge in [0.25, 0.3) is 0 Å². The smallest absolute Gasteiger partial charge is 0.234 e. The van der Waals surface area contributed by atoms with Crippen LogP contribution in [0.5, 0.6) is 5.75 Å². The zero-order chi connectivity index (χ0) is 12.8. The molecule has 4 nitrogen and oxygen atoms in total. The summed E-state index contributed by atoms with van der Waals surface area (Å²) < 4.78 is 30.7. The van der Waals surface area contributed by atoms with Crippen molar-refractivity contribution in [2.24, 2.45) is 5.73 Å². The van der Waals surface area contributed by atoms with E-state index < -0.39 is 23.6 Å². The van der Waals surface area contributed by atoms with E-state index in [-0.39, 0.29) is 12.4 Å². The van der Waals surface area contributed by atoms with Gasteiger partial charge in [-0.05, 0) is 7.05 Å². The number of primary amides is 1. The molecular formula is C11H14F2N2O2. The molecule has 1 atom stereocenters. The van der Waals surface area contributed by atoms with Crippen LogP contribution < -0.4 is 15.8 Å². The van der Waals surface area contributed by atoms with E-state index >= 15 is 0 Å². The molecule has 1 aromatic carbocycles. The second kappa shape index (κ2) is 6.15. The van der Waals surface area contributed by atoms with E-state index in [1.165, 1.54) is 0 Å². The third kappa shape index (κ3) is 4.36. The molecule has 17 heavy (non-hydrogen) atoms. The molecule has 0 radical (unpaired) electrons. The second-order valence-corrected chi connectivity index (χ2v) is 3.49.